The maximum atomic E-state index is 11.4. The van der Waals surface area contributed by atoms with Gasteiger partial charge in [-0.05, 0) is 65.1 Å². The molecule has 0 radical (unpaired) electrons. The Bertz CT molecular complexity index is 303. The second kappa shape index (κ2) is 9.42. The highest BCUT2D eigenvalue weighted by Gasteiger charge is 2.31. The molecule has 0 bridgehead atoms. The van der Waals surface area contributed by atoms with E-state index in [9.17, 15) is 9.90 Å². The summed E-state index contributed by atoms with van der Waals surface area (Å²) in [6, 6.07) is 0. The van der Waals surface area contributed by atoms with Crippen molar-refractivity contribution >= 4 is 5.97 Å². The fourth-order valence-corrected chi connectivity index (χ4v) is 3.28. The minimum atomic E-state index is -0.776. The zero-order valence-corrected chi connectivity index (χ0v) is 14.2. The summed E-state index contributed by atoms with van der Waals surface area (Å²) < 4.78 is 0. The van der Waals surface area contributed by atoms with Crippen LogP contribution in [-0.4, -0.2) is 48.2 Å². The summed E-state index contributed by atoms with van der Waals surface area (Å²) in [5.74, 6) is 0.124. The van der Waals surface area contributed by atoms with E-state index in [4.69, 9.17) is 0 Å². The van der Waals surface area contributed by atoms with Crippen LogP contribution in [0.5, 0.6) is 0 Å². The summed E-state index contributed by atoms with van der Waals surface area (Å²) in [5.41, 5.74) is -0.776. The molecule has 0 aromatic carbocycles. The summed E-state index contributed by atoms with van der Waals surface area (Å²) in [6.45, 7) is 6.80. The van der Waals surface area contributed by atoms with Crippen molar-refractivity contribution in [1.29, 1.82) is 0 Å². The first-order chi connectivity index (χ1) is 9.98. The van der Waals surface area contributed by atoms with Crippen LogP contribution in [-0.2, 0) is 4.79 Å². The Labute approximate surface area is 130 Å². The molecule has 1 saturated carbocycles. The quantitative estimate of drug-likeness (QED) is 0.650. The molecule has 1 atom stereocenters. The lowest BCUT2D eigenvalue weighted by Crippen LogP contribution is -2.50. The van der Waals surface area contributed by atoms with E-state index in [1.807, 2.05) is 6.92 Å². The highest BCUT2D eigenvalue weighted by Crippen LogP contribution is 2.24. The number of carboxylic acids is 1. The summed E-state index contributed by atoms with van der Waals surface area (Å²) >= 11 is 0. The molecule has 1 aliphatic rings. The third-order valence-corrected chi connectivity index (χ3v) is 4.75. The molecule has 0 heterocycles. The number of aliphatic carboxylic acids is 1. The molecule has 4 heteroatoms. The molecule has 21 heavy (non-hydrogen) atoms. The van der Waals surface area contributed by atoms with E-state index in [1.54, 1.807) is 0 Å². The van der Waals surface area contributed by atoms with Gasteiger partial charge in [0.2, 0.25) is 0 Å². The van der Waals surface area contributed by atoms with Crippen LogP contribution < -0.4 is 5.32 Å². The molecule has 1 aliphatic carbocycles. The van der Waals surface area contributed by atoms with Crippen LogP contribution in [0.15, 0.2) is 0 Å². The zero-order valence-electron chi connectivity index (χ0n) is 14.2. The molecule has 1 rings (SSSR count). The SMILES string of the molecule is CCCNC(C)(CCCN(C)CC1CCCCC1)C(=O)O. The number of carboxylic acid groups (broad SMARTS) is 1. The summed E-state index contributed by atoms with van der Waals surface area (Å²) in [6.07, 6.45) is 9.50. The second-order valence-corrected chi connectivity index (χ2v) is 6.93. The maximum Gasteiger partial charge on any atom is 0.323 e. The van der Waals surface area contributed by atoms with E-state index in [1.165, 1.54) is 38.6 Å². The number of rotatable bonds is 10. The van der Waals surface area contributed by atoms with Crippen LogP contribution in [0.25, 0.3) is 0 Å². The first-order valence-corrected chi connectivity index (χ1v) is 8.65. The van der Waals surface area contributed by atoms with Gasteiger partial charge in [0.05, 0.1) is 0 Å². The predicted octanol–water partition coefficient (Wildman–Crippen LogP) is 3.12. The van der Waals surface area contributed by atoms with E-state index in [-0.39, 0.29) is 0 Å². The fourth-order valence-electron chi connectivity index (χ4n) is 3.28. The molecule has 2 N–H and O–H groups in total. The van der Waals surface area contributed by atoms with E-state index >= 15 is 0 Å². The van der Waals surface area contributed by atoms with E-state index < -0.39 is 11.5 Å². The van der Waals surface area contributed by atoms with Crippen LogP contribution >= 0.6 is 0 Å². The summed E-state index contributed by atoms with van der Waals surface area (Å²) in [7, 11) is 2.17. The molecular formula is C17H34N2O2. The fraction of sp³-hybridized carbons (Fsp3) is 0.941. The summed E-state index contributed by atoms with van der Waals surface area (Å²) in [4.78, 5) is 13.8. The smallest absolute Gasteiger partial charge is 0.323 e. The lowest BCUT2D eigenvalue weighted by molar-refractivity contribution is -0.144. The Morgan fingerprint density at radius 2 is 2.00 bits per heavy atom. The van der Waals surface area contributed by atoms with Gasteiger partial charge in [-0.1, -0.05) is 26.2 Å². The normalized spacial score (nSPS) is 19.6. The van der Waals surface area contributed by atoms with Crippen molar-refractivity contribution in [2.75, 3.05) is 26.7 Å². The van der Waals surface area contributed by atoms with Gasteiger partial charge in [-0.3, -0.25) is 4.79 Å². The molecule has 4 nitrogen and oxygen atoms in total. The molecule has 124 valence electrons. The largest absolute Gasteiger partial charge is 0.480 e. The van der Waals surface area contributed by atoms with Gasteiger partial charge in [-0.15, -0.1) is 0 Å². The monoisotopic (exact) mass is 298 g/mol. The highest BCUT2D eigenvalue weighted by molar-refractivity contribution is 5.78. The van der Waals surface area contributed by atoms with Gasteiger partial charge >= 0.3 is 5.97 Å². The van der Waals surface area contributed by atoms with Gasteiger partial charge in [0.1, 0.15) is 5.54 Å². The topological polar surface area (TPSA) is 52.6 Å². The first kappa shape index (κ1) is 18.4. The minimum absolute atomic E-state index is 0.692. The van der Waals surface area contributed by atoms with E-state index in [2.05, 4.69) is 24.2 Å². The van der Waals surface area contributed by atoms with Crippen LogP contribution in [0, 0.1) is 5.92 Å². The van der Waals surface area contributed by atoms with Gasteiger partial charge in [0.15, 0.2) is 0 Å². The summed E-state index contributed by atoms with van der Waals surface area (Å²) in [5, 5.41) is 12.6. The minimum Gasteiger partial charge on any atom is -0.480 e. The average molecular weight is 298 g/mol. The number of nitrogens with zero attached hydrogens (tertiary/aromatic N) is 1. The molecule has 1 unspecified atom stereocenters. The van der Waals surface area contributed by atoms with E-state index in [0.29, 0.717) is 6.42 Å². The third-order valence-electron chi connectivity index (χ3n) is 4.75. The van der Waals surface area contributed by atoms with Crippen molar-refractivity contribution in [3.05, 3.63) is 0 Å². The van der Waals surface area contributed by atoms with Crippen molar-refractivity contribution in [3.8, 4) is 0 Å². The highest BCUT2D eigenvalue weighted by atomic mass is 16.4. The van der Waals surface area contributed by atoms with Gasteiger partial charge in [-0.2, -0.15) is 0 Å². The Hall–Kier alpha value is -0.610. The maximum absolute atomic E-state index is 11.4. The van der Waals surface area contributed by atoms with Crippen LogP contribution in [0.4, 0.5) is 0 Å². The lowest BCUT2D eigenvalue weighted by atomic mass is 9.89. The number of hydrogen-bond acceptors (Lipinski definition) is 3. The van der Waals surface area contributed by atoms with Crippen molar-refractivity contribution < 1.29 is 9.90 Å². The zero-order chi connectivity index (χ0) is 15.7. The van der Waals surface area contributed by atoms with Crippen molar-refractivity contribution in [1.82, 2.24) is 10.2 Å². The van der Waals surface area contributed by atoms with Gasteiger partial charge < -0.3 is 15.3 Å². The predicted molar refractivity (Wildman–Crippen MR) is 87.6 cm³/mol. The van der Waals surface area contributed by atoms with Crippen LogP contribution in [0.2, 0.25) is 0 Å². The molecule has 1 fully saturated rings. The van der Waals surface area contributed by atoms with Crippen molar-refractivity contribution in [2.24, 2.45) is 5.92 Å². The van der Waals surface area contributed by atoms with Crippen molar-refractivity contribution in [2.45, 2.75) is 70.8 Å². The molecule has 0 spiro atoms. The van der Waals surface area contributed by atoms with Gasteiger partial charge in [-0.25, -0.2) is 0 Å². The second-order valence-electron chi connectivity index (χ2n) is 6.93. The van der Waals surface area contributed by atoms with Gasteiger partial charge in [0.25, 0.3) is 0 Å². The molecule has 0 aromatic rings. The molecule has 0 aromatic heterocycles. The number of carbonyl (C=O) groups is 1. The average Bonchev–Trinajstić information content (AvgIpc) is 2.46. The number of nitrogens with one attached hydrogen (secondary N) is 1. The third kappa shape index (κ3) is 6.79. The van der Waals surface area contributed by atoms with Crippen LogP contribution in [0.1, 0.15) is 65.2 Å². The Balaban J connectivity index is 2.27. The van der Waals surface area contributed by atoms with Crippen molar-refractivity contribution in [3.63, 3.8) is 0 Å². The Kier molecular flexibility index (Phi) is 8.27. The van der Waals surface area contributed by atoms with E-state index in [0.717, 1.165) is 31.8 Å². The lowest BCUT2D eigenvalue weighted by Gasteiger charge is -2.29. The standard InChI is InChI=1S/C17H34N2O2/c1-4-12-18-17(2,16(20)21)11-8-13-19(3)14-15-9-6-5-7-10-15/h15,18H,4-14H2,1-3H3,(H,20,21). The number of hydrogen-bond donors (Lipinski definition) is 2. The Morgan fingerprint density at radius 3 is 2.57 bits per heavy atom. The first-order valence-electron chi connectivity index (χ1n) is 8.65. The van der Waals surface area contributed by atoms with Gasteiger partial charge in [0, 0.05) is 6.54 Å². The van der Waals surface area contributed by atoms with Crippen LogP contribution in [0.3, 0.4) is 0 Å². The Morgan fingerprint density at radius 1 is 1.33 bits per heavy atom. The molecule has 0 saturated heterocycles. The molecular weight excluding hydrogens is 264 g/mol. The molecule has 0 aliphatic heterocycles. The molecule has 0 amide bonds.